The Labute approximate surface area is 112 Å². The number of nitrogens with zero attached hydrogens (tertiary/aromatic N) is 6. The van der Waals surface area contributed by atoms with Crippen molar-refractivity contribution >= 4 is 5.95 Å². The van der Waals surface area contributed by atoms with Crippen LogP contribution in [-0.4, -0.2) is 42.3 Å². The molecule has 7 heteroatoms. The van der Waals surface area contributed by atoms with Gasteiger partial charge in [-0.15, -0.1) is 0 Å². The zero-order valence-corrected chi connectivity index (χ0v) is 11.1. The van der Waals surface area contributed by atoms with E-state index in [1.54, 1.807) is 19.5 Å². The molecule has 0 aromatic carbocycles. The molecule has 2 rings (SSSR count). The Morgan fingerprint density at radius 1 is 1.42 bits per heavy atom. The fraction of sp³-hybridized carbons (Fsp3) is 0.667. The summed E-state index contributed by atoms with van der Waals surface area (Å²) in [6, 6.07) is 1.81. The van der Waals surface area contributed by atoms with E-state index in [1.807, 2.05) is 6.07 Å². The van der Waals surface area contributed by atoms with E-state index in [0.29, 0.717) is 6.54 Å². The Bertz CT molecular complexity index is 437. The number of ether oxygens (including phenoxy) is 1. The zero-order chi connectivity index (χ0) is 13.6. The highest BCUT2D eigenvalue weighted by Crippen LogP contribution is 2.30. The Morgan fingerprint density at radius 2 is 2.11 bits per heavy atom. The lowest BCUT2D eigenvalue weighted by Gasteiger charge is -2.40. The van der Waals surface area contributed by atoms with Gasteiger partial charge in [-0.05, 0) is 30.9 Å². The first-order valence-electron chi connectivity index (χ1n) is 6.38. The lowest BCUT2D eigenvalue weighted by Crippen LogP contribution is -2.46. The minimum absolute atomic E-state index is 0.181. The second kappa shape index (κ2) is 6.36. The first-order chi connectivity index (χ1) is 9.29. The Kier molecular flexibility index (Phi) is 4.54. The van der Waals surface area contributed by atoms with Gasteiger partial charge in [-0.1, -0.05) is 5.11 Å². The SMILES string of the molecule is COC1(CCN=[N+]=[N-])CCN(c2ncccn2)CC1. The number of hydrogen-bond acceptors (Lipinski definition) is 5. The summed E-state index contributed by atoms with van der Waals surface area (Å²) < 4.78 is 5.66. The Balaban J connectivity index is 1.94. The predicted molar refractivity (Wildman–Crippen MR) is 71.8 cm³/mol. The van der Waals surface area contributed by atoms with Crippen LogP contribution in [-0.2, 0) is 4.74 Å². The molecule has 0 saturated carbocycles. The van der Waals surface area contributed by atoms with Crippen LogP contribution in [0.15, 0.2) is 23.6 Å². The summed E-state index contributed by atoms with van der Waals surface area (Å²) in [5, 5.41) is 3.60. The van der Waals surface area contributed by atoms with Crippen LogP contribution < -0.4 is 4.90 Å². The average molecular weight is 262 g/mol. The van der Waals surface area contributed by atoms with Crippen LogP contribution in [0.2, 0.25) is 0 Å². The molecule has 1 aliphatic heterocycles. The maximum Gasteiger partial charge on any atom is 0.225 e. The normalized spacial score (nSPS) is 17.8. The van der Waals surface area contributed by atoms with Gasteiger partial charge in [0.05, 0.1) is 5.60 Å². The molecule has 0 aliphatic carbocycles. The lowest BCUT2D eigenvalue weighted by atomic mass is 9.88. The fourth-order valence-corrected chi connectivity index (χ4v) is 2.42. The van der Waals surface area contributed by atoms with Crippen molar-refractivity contribution in [2.45, 2.75) is 24.9 Å². The van der Waals surface area contributed by atoms with Crippen molar-refractivity contribution in [2.75, 3.05) is 31.6 Å². The zero-order valence-electron chi connectivity index (χ0n) is 11.1. The molecule has 0 N–H and O–H groups in total. The second-order valence-corrected chi connectivity index (χ2v) is 4.63. The van der Waals surface area contributed by atoms with Crippen molar-refractivity contribution < 1.29 is 4.74 Å². The maximum atomic E-state index is 8.34. The Hall–Kier alpha value is -1.85. The van der Waals surface area contributed by atoms with E-state index in [-0.39, 0.29) is 5.60 Å². The molecule has 1 aliphatic rings. The van der Waals surface area contributed by atoms with Crippen molar-refractivity contribution in [1.82, 2.24) is 9.97 Å². The number of rotatable bonds is 5. The quantitative estimate of drug-likeness (QED) is 0.462. The van der Waals surface area contributed by atoms with Gasteiger partial charge >= 0.3 is 0 Å². The van der Waals surface area contributed by atoms with Gasteiger partial charge in [-0.2, -0.15) is 0 Å². The van der Waals surface area contributed by atoms with Gasteiger partial charge in [0.15, 0.2) is 0 Å². The molecule has 0 radical (unpaired) electrons. The fourth-order valence-electron chi connectivity index (χ4n) is 2.42. The molecule has 1 fully saturated rings. The largest absolute Gasteiger partial charge is 0.378 e. The van der Waals surface area contributed by atoms with Crippen LogP contribution in [0.3, 0.4) is 0 Å². The van der Waals surface area contributed by atoms with Crippen molar-refractivity contribution in [3.8, 4) is 0 Å². The summed E-state index contributed by atoms with van der Waals surface area (Å²) in [5.74, 6) is 0.766. The number of azide groups is 1. The molecule has 102 valence electrons. The molecule has 0 atom stereocenters. The molecule has 2 heterocycles. The van der Waals surface area contributed by atoms with Crippen LogP contribution in [0.1, 0.15) is 19.3 Å². The number of aromatic nitrogens is 2. The van der Waals surface area contributed by atoms with Gasteiger partial charge < -0.3 is 9.64 Å². The highest BCUT2D eigenvalue weighted by molar-refractivity contribution is 5.29. The third kappa shape index (κ3) is 3.33. The average Bonchev–Trinajstić information content (AvgIpc) is 2.49. The molecule has 0 unspecified atom stereocenters. The molecule has 1 saturated heterocycles. The third-order valence-corrected chi connectivity index (χ3v) is 3.67. The van der Waals surface area contributed by atoms with Crippen molar-refractivity contribution in [3.05, 3.63) is 28.9 Å². The number of hydrogen-bond donors (Lipinski definition) is 0. The summed E-state index contributed by atoms with van der Waals surface area (Å²) >= 11 is 0. The van der Waals surface area contributed by atoms with Gasteiger partial charge in [0.1, 0.15) is 0 Å². The summed E-state index contributed by atoms with van der Waals surface area (Å²) in [6.45, 7) is 2.19. The van der Waals surface area contributed by atoms with E-state index in [0.717, 1.165) is 38.3 Å². The van der Waals surface area contributed by atoms with Crippen molar-refractivity contribution in [2.24, 2.45) is 5.11 Å². The molecule has 7 nitrogen and oxygen atoms in total. The van der Waals surface area contributed by atoms with E-state index < -0.39 is 0 Å². The summed E-state index contributed by atoms with van der Waals surface area (Å²) in [6.07, 6.45) is 6.05. The lowest BCUT2D eigenvalue weighted by molar-refractivity contribution is -0.0341. The standard InChI is InChI=1S/C12H18N6O/c1-19-12(3-8-16-17-13)4-9-18(10-5-12)11-14-6-2-7-15-11/h2,6-7H,3-5,8-10H2,1H3. The van der Waals surface area contributed by atoms with Crippen molar-refractivity contribution in [1.29, 1.82) is 0 Å². The smallest absolute Gasteiger partial charge is 0.225 e. The van der Waals surface area contributed by atoms with Gasteiger partial charge in [0.2, 0.25) is 5.95 Å². The third-order valence-electron chi connectivity index (χ3n) is 3.67. The number of anilines is 1. The molecule has 0 spiro atoms. The van der Waals surface area contributed by atoms with Gasteiger partial charge in [0.25, 0.3) is 0 Å². The van der Waals surface area contributed by atoms with Crippen LogP contribution in [0.4, 0.5) is 5.95 Å². The number of methoxy groups -OCH3 is 1. The second-order valence-electron chi connectivity index (χ2n) is 4.63. The molecule has 0 amide bonds. The minimum Gasteiger partial charge on any atom is -0.378 e. The molecule has 19 heavy (non-hydrogen) atoms. The van der Waals surface area contributed by atoms with Gasteiger partial charge in [-0.25, -0.2) is 9.97 Å². The maximum absolute atomic E-state index is 8.34. The summed E-state index contributed by atoms with van der Waals surface area (Å²) in [5.41, 5.74) is 8.15. The number of piperidine rings is 1. The van der Waals surface area contributed by atoms with E-state index in [1.165, 1.54) is 0 Å². The molecular formula is C12H18N6O. The summed E-state index contributed by atoms with van der Waals surface area (Å²) in [4.78, 5) is 13.5. The molecule has 1 aromatic rings. The molecule has 0 bridgehead atoms. The molecule has 1 aromatic heterocycles. The van der Waals surface area contributed by atoms with Gasteiger partial charge in [0, 0.05) is 44.0 Å². The van der Waals surface area contributed by atoms with Crippen LogP contribution >= 0.6 is 0 Å². The predicted octanol–water partition coefficient (Wildman–Crippen LogP) is 2.16. The summed E-state index contributed by atoms with van der Waals surface area (Å²) in [7, 11) is 1.73. The van der Waals surface area contributed by atoms with Crippen LogP contribution in [0.5, 0.6) is 0 Å². The highest BCUT2D eigenvalue weighted by atomic mass is 16.5. The highest BCUT2D eigenvalue weighted by Gasteiger charge is 2.34. The first-order valence-corrected chi connectivity index (χ1v) is 6.38. The Morgan fingerprint density at radius 3 is 2.68 bits per heavy atom. The monoisotopic (exact) mass is 262 g/mol. The molecular weight excluding hydrogens is 244 g/mol. The van der Waals surface area contributed by atoms with E-state index in [4.69, 9.17) is 10.3 Å². The first kappa shape index (κ1) is 13.6. The van der Waals surface area contributed by atoms with E-state index in [2.05, 4.69) is 24.9 Å². The van der Waals surface area contributed by atoms with E-state index >= 15 is 0 Å². The van der Waals surface area contributed by atoms with Crippen molar-refractivity contribution in [3.63, 3.8) is 0 Å². The van der Waals surface area contributed by atoms with Crippen LogP contribution in [0, 0.1) is 0 Å². The van der Waals surface area contributed by atoms with Gasteiger partial charge in [-0.3, -0.25) is 0 Å². The van der Waals surface area contributed by atoms with Crippen LogP contribution in [0.25, 0.3) is 10.4 Å². The van der Waals surface area contributed by atoms with E-state index in [9.17, 15) is 0 Å². The topological polar surface area (TPSA) is 87.0 Å². The minimum atomic E-state index is -0.181.